The number of hydrogen-bond acceptors (Lipinski definition) is 3. The Bertz CT molecular complexity index is 535. The molecule has 1 heterocycles. The number of ether oxygens (including phenoxy) is 1. The number of aryl methyl sites for hydroxylation is 1. The minimum atomic E-state index is 0.157. The van der Waals surface area contributed by atoms with Crippen molar-refractivity contribution >= 4 is 33.0 Å². The van der Waals surface area contributed by atoms with Crippen LogP contribution in [-0.4, -0.2) is 12.9 Å². The molecule has 2 rings (SSSR count). The molecule has 4 heteroatoms. The highest BCUT2D eigenvalue weighted by Crippen LogP contribution is 2.26. The molecule has 18 heavy (non-hydrogen) atoms. The average molecular weight is 325 g/mol. The molecule has 94 valence electrons. The molecule has 0 radical (unpaired) electrons. The third-order valence-electron chi connectivity index (χ3n) is 2.69. The Hall–Kier alpha value is -1.13. The zero-order valence-corrected chi connectivity index (χ0v) is 12.4. The molecule has 0 saturated heterocycles. The largest absolute Gasteiger partial charge is 0.496 e. The molecule has 0 atom stereocenters. The first-order chi connectivity index (χ1) is 8.70. The summed E-state index contributed by atoms with van der Waals surface area (Å²) >= 11 is 5.05. The van der Waals surface area contributed by atoms with E-state index in [0.717, 1.165) is 22.2 Å². The van der Waals surface area contributed by atoms with Crippen LogP contribution in [0.4, 0.5) is 0 Å². The molecule has 2 nitrogen and oxygen atoms in total. The highest BCUT2D eigenvalue weighted by molar-refractivity contribution is 9.10. The number of carbonyl (C=O) groups excluding carboxylic acids is 1. The molecule has 0 N–H and O–H groups in total. The molecule has 0 bridgehead atoms. The SMILES string of the molecule is COc1ccc(C(=O)CCc2ccsc2)cc1Br. The number of methoxy groups -OCH3 is 1. The van der Waals surface area contributed by atoms with Gasteiger partial charge in [-0.25, -0.2) is 0 Å². The monoisotopic (exact) mass is 324 g/mol. The summed E-state index contributed by atoms with van der Waals surface area (Å²) in [5.74, 6) is 0.897. The van der Waals surface area contributed by atoms with Gasteiger partial charge in [0.05, 0.1) is 11.6 Å². The summed E-state index contributed by atoms with van der Waals surface area (Å²) in [6.07, 6.45) is 1.33. The van der Waals surface area contributed by atoms with Crippen molar-refractivity contribution in [1.82, 2.24) is 0 Å². The van der Waals surface area contributed by atoms with E-state index in [2.05, 4.69) is 27.4 Å². The maximum absolute atomic E-state index is 12.0. The molecular weight excluding hydrogens is 312 g/mol. The van der Waals surface area contributed by atoms with Crippen molar-refractivity contribution in [3.05, 3.63) is 50.6 Å². The topological polar surface area (TPSA) is 26.3 Å². The van der Waals surface area contributed by atoms with E-state index in [-0.39, 0.29) is 5.78 Å². The molecule has 0 unspecified atom stereocenters. The Morgan fingerprint density at radius 3 is 2.83 bits per heavy atom. The fraction of sp³-hybridized carbons (Fsp3) is 0.214. The summed E-state index contributed by atoms with van der Waals surface area (Å²) in [5, 5.41) is 4.11. The first-order valence-electron chi connectivity index (χ1n) is 5.58. The van der Waals surface area contributed by atoms with Gasteiger partial charge in [-0.3, -0.25) is 4.79 Å². The van der Waals surface area contributed by atoms with E-state index < -0.39 is 0 Å². The van der Waals surface area contributed by atoms with Gasteiger partial charge in [-0.2, -0.15) is 11.3 Å². The average Bonchev–Trinajstić information content (AvgIpc) is 2.89. The predicted octanol–water partition coefficient (Wildman–Crippen LogP) is 4.33. The number of halogens is 1. The number of hydrogen-bond donors (Lipinski definition) is 0. The van der Waals surface area contributed by atoms with E-state index in [1.807, 2.05) is 17.5 Å². The second-order valence-electron chi connectivity index (χ2n) is 3.90. The Morgan fingerprint density at radius 1 is 1.39 bits per heavy atom. The van der Waals surface area contributed by atoms with Crippen LogP contribution >= 0.6 is 27.3 Å². The van der Waals surface area contributed by atoms with E-state index >= 15 is 0 Å². The van der Waals surface area contributed by atoms with Gasteiger partial charge in [-0.05, 0) is 62.9 Å². The smallest absolute Gasteiger partial charge is 0.163 e. The van der Waals surface area contributed by atoms with Crippen molar-refractivity contribution in [2.45, 2.75) is 12.8 Å². The number of Topliss-reactive ketones (excluding diaryl/α,β-unsaturated/α-hetero) is 1. The molecule has 2 aromatic rings. The van der Waals surface area contributed by atoms with Crippen molar-refractivity contribution in [2.75, 3.05) is 7.11 Å². The van der Waals surface area contributed by atoms with Crippen LogP contribution in [0.3, 0.4) is 0 Å². The number of carbonyl (C=O) groups is 1. The normalized spacial score (nSPS) is 10.3. The van der Waals surface area contributed by atoms with Gasteiger partial charge in [-0.15, -0.1) is 0 Å². The Kier molecular flexibility index (Phi) is 4.55. The molecule has 0 amide bonds. The molecule has 0 spiro atoms. The molecule has 0 aliphatic heterocycles. The summed E-state index contributed by atoms with van der Waals surface area (Å²) in [4.78, 5) is 12.0. The molecule has 1 aromatic heterocycles. The lowest BCUT2D eigenvalue weighted by molar-refractivity contribution is 0.0983. The lowest BCUT2D eigenvalue weighted by Gasteiger charge is -2.05. The Morgan fingerprint density at radius 2 is 2.22 bits per heavy atom. The number of thiophene rings is 1. The van der Waals surface area contributed by atoms with Crippen LogP contribution in [0.25, 0.3) is 0 Å². The van der Waals surface area contributed by atoms with Gasteiger partial charge in [0.2, 0.25) is 0 Å². The van der Waals surface area contributed by atoms with Crippen molar-refractivity contribution in [2.24, 2.45) is 0 Å². The standard InChI is InChI=1S/C14H13BrO2S/c1-17-14-5-3-11(8-12(14)15)13(16)4-2-10-6-7-18-9-10/h3,5-9H,2,4H2,1H3. The van der Waals surface area contributed by atoms with E-state index in [1.54, 1.807) is 24.5 Å². The first-order valence-corrected chi connectivity index (χ1v) is 7.32. The molecule has 0 saturated carbocycles. The highest BCUT2D eigenvalue weighted by Gasteiger charge is 2.09. The predicted molar refractivity (Wildman–Crippen MR) is 77.7 cm³/mol. The van der Waals surface area contributed by atoms with Gasteiger partial charge in [0, 0.05) is 12.0 Å². The van der Waals surface area contributed by atoms with E-state index in [1.165, 1.54) is 5.56 Å². The quantitative estimate of drug-likeness (QED) is 0.765. The number of rotatable bonds is 5. The van der Waals surface area contributed by atoms with Gasteiger partial charge < -0.3 is 4.74 Å². The van der Waals surface area contributed by atoms with E-state index in [9.17, 15) is 4.79 Å². The van der Waals surface area contributed by atoms with Gasteiger partial charge >= 0.3 is 0 Å². The Labute approximate surface area is 119 Å². The maximum Gasteiger partial charge on any atom is 0.163 e. The van der Waals surface area contributed by atoms with Crippen LogP contribution in [-0.2, 0) is 6.42 Å². The highest BCUT2D eigenvalue weighted by atomic mass is 79.9. The maximum atomic E-state index is 12.0. The summed E-state index contributed by atoms with van der Waals surface area (Å²) < 4.78 is 5.95. The van der Waals surface area contributed by atoms with E-state index in [4.69, 9.17) is 4.74 Å². The zero-order chi connectivity index (χ0) is 13.0. The molecular formula is C14H13BrO2S. The van der Waals surface area contributed by atoms with Crippen LogP contribution in [0.5, 0.6) is 5.75 Å². The van der Waals surface area contributed by atoms with Crippen LogP contribution in [0.1, 0.15) is 22.3 Å². The molecule has 1 aromatic carbocycles. The summed E-state index contributed by atoms with van der Waals surface area (Å²) in [7, 11) is 1.61. The third-order valence-corrected chi connectivity index (χ3v) is 4.05. The minimum Gasteiger partial charge on any atom is -0.496 e. The van der Waals surface area contributed by atoms with Crippen molar-refractivity contribution in [1.29, 1.82) is 0 Å². The minimum absolute atomic E-state index is 0.157. The van der Waals surface area contributed by atoms with E-state index in [0.29, 0.717) is 6.42 Å². The van der Waals surface area contributed by atoms with Crippen molar-refractivity contribution in [3.63, 3.8) is 0 Å². The lowest BCUT2D eigenvalue weighted by Crippen LogP contribution is -2.01. The van der Waals surface area contributed by atoms with Crippen LogP contribution in [0, 0.1) is 0 Å². The van der Waals surface area contributed by atoms with Crippen LogP contribution < -0.4 is 4.74 Å². The second-order valence-corrected chi connectivity index (χ2v) is 5.54. The van der Waals surface area contributed by atoms with Gasteiger partial charge in [0.15, 0.2) is 5.78 Å². The van der Waals surface area contributed by atoms with Crippen molar-refractivity contribution in [3.8, 4) is 5.75 Å². The second kappa shape index (κ2) is 6.16. The molecule has 0 aliphatic rings. The van der Waals surface area contributed by atoms with Crippen LogP contribution in [0.2, 0.25) is 0 Å². The van der Waals surface area contributed by atoms with Crippen molar-refractivity contribution < 1.29 is 9.53 Å². The fourth-order valence-corrected chi connectivity index (χ4v) is 2.92. The number of ketones is 1. The van der Waals surface area contributed by atoms with Crippen LogP contribution in [0.15, 0.2) is 39.5 Å². The zero-order valence-electron chi connectivity index (χ0n) is 9.98. The number of benzene rings is 1. The first kappa shape index (κ1) is 13.3. The third kappa shape index (κ3) is 3.21. The van der Waals surface area contributed by atoms with Gasteiger partial charge in [0.25, 0.3) is 0 Å². The summed E-state index contributed by atoms with van der Waals surface area (Å²) in [6.45, 7) is 0. The van der Waals surface area contributed by atoms with Gasteiger partial charge in [0.1, 0.15) is 5.75 Å². The Balaban J connectivity index is 2.02. The summed E-state index contributed by atoms with van der Waals surface area (Å²) in [6, 6.07) is 7.48. The molecule has 0 fully saturated rings. The van der Waals surface area contributed by atoms with Gasteiger partial charge in [-0.1, -0.05) is 0 Å². The molecule has 0 aliphatic carbocycles. The fourth-order valence-electron chi connectivity index (χ4n) is 1.68. The lowest BCUT2D eigenvalue weighted by atomic mass is 10.0. The summed E-state index contributed by atoms with van der Waals surface area (Å²) in [5.41, 5.74) is 1.94.